The Hall–Kier alpha value is -3.66. The Morgan fingerprint density at radius 3 is 2.59 bits per heavy atom. The summed E-state index contributed by atoms with van der Waals surface area (Å²) < 4.78 is 11.7. The number of pyridine rings is 1. The Kier molecular flexibility index (Phi) is 3.47. The molecule has 0 fully saturated rings. The number of benzene rings is 3. The van der Waals surface area contributed by atoms with E-state index in [0.29, 0.717) is 11.3 Å². The van der Waals surface area contributed by atoms with Crippen LogP contribution in [0, 0.1) is 0 Å². The number of hydrogen-bond donors (Lipinski definition) is 0. The maximum Gasteiger partial charge on any atom is 0.344 e. The fraction of sp³-hybridized carbons (Fsp3) is 0.120. The van der Waals surface area contributed by atoms with E-state index in [2.05, 4.69) is 0 Å². The maximum absolute atomic E-state index is 13.3. The van der Waals surface area contributed by atoms with Gasteiger partial charge in [-0.2, -0.15) is 0 Å². The molecular weight excluding hydrogens is 362 g/mol. The zero-order valence-electron chi connectivity index (χ0n) is 15.6. The number of esters is 1. The quantitative estimate of drug-likeness (QED) is 0.285. The largest absolute Gasteiger partial charge is 0.456 e. The summed E-state index contributed by atoms with van der Waals surface area (Å²) in [6.45, 7) is 0. The van der Waals surface area contributed by atoms with E-state index in [0.717, 1.165) is 63.4 Å². The van der Waals surface area contributed by atoms with E-state index in [4.69, 9.17) is 14.1 Å². The van der Waals surface area contributed by atoms with E-state index in [9.17, 15) is 4.79 Å². The minimum Gasteiger partial charge on any atom is -0.456 e. The van der Waals surface area contributed by atoms with Crippen molar-refractivity contribution in [2.24, 2.45) is 0 Å². The Labute approximate surface area is 166 Å². The lowest BCUT2D eigenvalue weighted by Crippen LogP contribution is -2.13. The number of carbonyl (C=O) groups is 1. The highest BCUT2D eigenvalue weighted by molar-refractivity contribution is 6.07. The molecule has 140 valence electrons. The van der Waals surface area contributed by atoms with Crippen LogP contribution < -0.4 is 4.74 Å². The van der Waals surface area contributed by atoms with Gasteiger partial charge < -0.3 is 9.15 Å². The normalized spacial score (nSPS) is 13.2. The van der Waals surface area contributed by atoms with Crippen molar-refractivity contribution in [1.29, 1.82) is 0 Å². The van der Waals surface area contributed by atoms with Gasteiger partial charge in [-0.1, -0.05) is 36.4 Å². The molecule has 3 aromatic carbocycles. The number of rotatable bonds is 2. The summed E-state index contributed by atoms with van der Waals surface area (Å²) >= 11 is 0. The number of furan rings is 1. The molecule has 4 nitrogen and oxygen atoms in total. The molecule has 0 N–H and O–H groups in total. The van der Waals surface area contributed by atoms with E-state index < -0.39 is 0 Å². The molecule has 2 heterocycles. The lowest BCUT2D eigenvalue weighted by molar-refractivity contribution is 0.0736. The molecule has 0 radical (unpaired) electrons. The highest BCUT2D eigenvalue weighted by Gasteiger charge is 2.25. The minimum atomic E-state index is -0.325. The number of para-hydroxylation sites is 2. The topological polar surface area (TPSA) is 52.3 Å². The van der Waals surface area contributed by atoms with Crippen LogP contribution in [-0.2, 0) is 12.8 Å². The molecule has 0 saturated heterocycles. The van der Waals surface area contributed by atoms with Gasteiger partial charge in [0.1, 0.15) is 16.9 Å². The third kappa shape index (κ3) is 2.53. The van der Waals surface area contributed by atoms with Crippen molar-refractivity contribution in [2.45, 2.75) is 19.3 Å². The number of aryl methyl sites for hydroxylation is 1. The second kappa shape index (κ2) is 6.17. The molecule has 29 heavy (non-hydrogen) atoms. The van der Waals surface area contributed by atoms with E-state index >= 15 is 0 Å². The standard InChI is InChI=1S/C25H17NO3/c27-25(24-17-7-1-3-9-20(17)26-21-10-5-8-18(21)24)28-15-12-13-23-19(14-15)16-6-2-4-11-22(16)29-23/h1-4,6-7,9,11-14H,5,8,10H2. The molecule has 0 aliphatic heterocycles. The molecule has 0 atom stereocenters. The van der Waals surface area contributed by atoms with Gasteiger partial charge >= 0.3 is 5.97 Å². The summed E-state index contributed by atoms with van der Waals surface area (Å²) in [6, 6.07) is 21.2. The Bertz CT molecular complexity index is 1430. The fourth-order valence-electron chi connectivity index (χ4n) is 4.37. The van der Waals surface area contributed by atoms with E-state index in [1.165, 1.54) is 0 Å². The Morgan fingerprint density at radius 2 is 1.66 bits per heavy atom. The van der Waals surface area contributed by atoms with Crippen LogP contribution in [0.1, 0.15) is 28.0 Å². The monoisotopic (exact) mass is 379 g/mol. The Balaban J connectivity index is 1.46. The molecule has 2 aromatic heterocycles. The van der Waals surface area contributed by atoms with Crippen LogP contribution >= 0.6 is 0 Å². The Morgan fingerprint density at radius 1 is 0.862 bits per heavy atom. The molecule has 0 unspecified atom stereocenters. The second-order valence-electron chi connectivity index (χ2n) is 7.43. The van der Waals surface area contributed by atoms with Crippen molar-refractivity contribution in [2.75, 3.05) is 0 Å². The molecule has 4 heteroatoms. The maximum atomic E-state index is 13.3. The first-order valence-electron chi connectivity index (χ1n) is 9.82. The van der Waals surface area contributed by atoms with Crippen LogP contribution in [0.3, 0.4) is 0 Å². The van der Waals surface area contributed by atoms with Gasteiger partial charge in [-0.05, 0) is 55.2 Å². The lowest BCUT2D eigenvalue weighted by Gasteiger charge is -2.12. The molecule has 0 amide bonds. The van der Waals surface area contributed by atoms with Crippen molar-refractivity contribution in [1.82, 2.24) is 4.98 Å². The summed E-state index contributed by atoms with van der Waals surface area (Å²) in [5.41, 5.74) is 5.15. The van der Waals surface area contributed by atoms with Crippen LogP contribution in [0.5, 0.6) is 5.75 Å². The van der Waals surface area contributed by atoms with Crippen molar-refractivity contribution in [3.8, 4) is 5.75 Å². The summed E-state index contributed by atoms with van der Waals surface area (Å²) in [5, 5.41) is 2.80. The van der Waals surface area contributed by atoms with Gasteiger partial charge in [0, 0.05) is 21.9 Å². The first-order chi connectivity index (χ1) is 14.3. The predicted octanol–water partition coefficient (Wildman–Crippen LogP) is 5.84. The minimum absolute atomic E-state index is 0.325. The zero-order valence-corrected chi connectivity index (χ0v) is 15.6. The van der Waals surface area contributed by atoms with Crippen LogP contribution in [0.2, 0.25) is 0 Å². The number of carbonyl (C=O) groups excluding carboxylic acids is 1. The average molecular weight is 379 g/mol. The van der Waals surface area contributed by atoms with Gasteiger partial charge in [0.25, 0.3) is 0 Å². The van der Waals surface area contributed by atoms with Gasteiger partial charge in [-0.25, -0.2) is 4.79 Å². The predicted molar refractivity (Wildman–Crippen MR) is 112 cm³/mol. The van der Waals surface area contributed by atoms with Gasteiger partial charge in [-0.15, -0.1) is 0 Å². The van der Waals surface area contributed by atoms with Crippen LogP contribution in [-0.4, -0.2) is 11.0 Å². The van der Waals surface area contributed by atoms with E-state index in [1.54, 1.807) is 6.07 Å². The smallest absolute Gasteiger partial charge is 0.344 e. The fourth-order valence-corrected chi connectivity index (χ4v) is 4.37. The first kappa shape index (κ1) is 16.3. The molecule has 1 aliphatic carbocycles. The molecular formula is C25H17NO3. The van der Waals surface area contributed by atoms with Crippen molar-refractivity contribution in [3.05, 3.63) is 83.6 Å². The number of nitrogens with zero attached hydrogens (tertiary/aromatic N) is 1. The number of ether oxygens (including phenoxy) is 1. The number of fused-ring (bicyclic) bond motifs is 5. The summed E-state index contributed by atoms with van der Waals surface area (Å²) in [5.74, 6) is 0.190. The molecule has 0 bridgehead atoms. The SMILES string of the molecule is O=C(Oc1ccc2oc3ccccc3c2c1)c1c2c(nc3ccccc13)CCC2. The zero-order chi connectivity index (χ0) is 19.4. The van der Waals surface area contributed by atoms with E-state index in [-0.39, 0.29) is 5.97 Å². The number of hydrogen-bond acceptors (Lipinski definition) is 4. The van der Waals surface area contributed by atoms with Gasteiger partial charge in [-0.3, -0.25) is 4.98 Å². The van der Waals surface area contributed by atoms with Crippen LogP contribution in [0.15, 0.2) is 71.1 Å². The summed E-state index contributed by atoms with van der Waals surface area (Å²) in [7, 11) is 0. The molecule has 5 aromatic rings. The molecule has 0 saturated carbocycles. The van der Waals surface area contributed by atoms with Crippen LogP contribution in [0.25, 0.3) is 32.8 Å². The molecule has 0 spiro atoms. The third-order valence-electron chi connectivity index (χ3n) is 5.68. The number of aromatic nitrogens is 1. The van der Waals surface area contributed by atoms with Crippen molar-refractivity contribution < 1.29 is 13.9 Å². The highest BCUT2D eigenvalue weighted by Crippen LogP contribution is 2.33. The van der Waals surface area contributed by atoms with Crippen molar-refractivity contribution >= 4 is 38.8 Å². The van der Waals surface area contributed by atoms with Crippen LogP contribution in [0.4, 0.5) is 0 Å². The first-order valence-corrected chi connectivity index (χ1v) is 9.82. The molecule has 1 aliphatic rings. The third-order valence-corrected chi connectivity index (χ3v) is 5.68. The second-order valence-corrected chi connectivity index (χ2v) is 7.43. The lowest BCUT2D eigenvalue weighted by atomic mass is 10.0. The highest BCUT2D eigenvalue weighted by atomic mass is 16.5. The summed E-state index contributed by atoms with van der Waals surface area (Å²) in [4.78, 5) is 18.0. The van der Waals surface area contributed by atoms with Crippen molar-refractivity contribution in [3.63, 3.8) is 0 Å². The molecule has 6 rings (SSSR count). The average Bonchev–Trinajstić information content (AvgIpc) is 3.35. The van der Waals surface area contributed by atoms with Gasteiger partial charge in [0.15, 0.2) is 0 Å². The summed E-state index contributed by atoms with van der Waals surface area (Å²) in [6.07, 6.45) is 2.79. The van der Waals surface area contributed by atoms with Gasteiger partial charge in [0.2, 0.25) is 0 Å². The van der Waals surface area contributed by atoms with Gasteiger partial charge in [0.05, 0.1) is 11.1 Å². The van der Waals surface area contributed by atoms with E-state index in [1.807, 2.05) is 60.7 Å².